The van der Waals surface area contributed by atoms with Crippen molar-refractivity contribution < 1.29 is 4.79 Å². The molecule has 3 heterocycles. The number of carbonyl (C=O) groups excluding carboxylic acids is 1. The molecule has 1 N–H and O–H groups in total. The number of hydrogen-bond donors (Lipinski definition) is 1. The second-order valence-corrected chi connectivity index (χ2v) is 6.97. The van der Waals surface area contributed by atoms with Gasteiger partial charge in [0.1, 0.15) is 0 Å². The predicted octanol–water partition coefficient (Wildman–Crippen LogP) is 2.74. The van der Waals surface area contributed by atoms with Crippen molar-refractivity contribution in [1.82, 2.24) is 29.9 Å². The monoisotopic (exact) mass is 374 g/mol. The number of fused-ring (bicyclic) bond motifs is 1. The van der Waals surface area contributed by atoms with Gasteiger partial charge in [-0.15, -0.1) is 0 Å². The number of rotatable bonds is 7. The number of benzene rings is 1. The Kier molecular flexibility index (Phi) is 5.14. The summed E-state index contributed by atoms with van der Waals surface area (Å²) >= 11 is 0. The lowest BCUT2D eigenvalue weighted by Gasteiger charge is -2.12. The Bertz CT molecular complexity index is 1060. The predicted molar refractivity (Wildman–Crippen MR) is 107 cm³/mol. The summed E-state index contributed by atoms with van der Waals surface area (Å²) < 4.78 is 3.71. The van der Waals surface area contributed by atoms with Gasteiger partial charge in [0, 0.05) is 37.1 Å². The number of nitrogens with one attached hydrogen (secondary N) is 1. The zero-order valence-electron chi connectivity index (χ0n) is 15.7. The van der Waals surface area contributed by atoms with E-state index in [0.717, 1.165) is 23.1 Å². The highest BCUT2D eigenvalue weighted by Crippen LogP contribution is 2.15. The Morgan fingerprint density at radius 2 is 2.00 bits per heavy atom. The average Bonchev–Trinajstić information content (AvgIpc) is 3.37. The van der Waals surface area contributed by atoms with Crippen LogP contribution in [0.2, 0.25) is 0 Å². The van der Waals surface area contributed by atoms with E-state index in [1.165, 1.54) is 0 Å². The maximum atomic E-state index is 12.5. The molecule has 1 unspecified atom stereocenters. The van der Waals surface area contributed by atoms with Crippen molar-refractivity contribution in [1.29, 1.82) is 0 Å². The molecule has 1 atom stereocenters. The molecule has 0 aliphatic rings. The molecule has 7 heteroatoms. The molecule has 0 spiro atoms. The Morgan fingerprint density at radius 1 is 1.14 bits per heavy atom. The Balaban J connectivity index is 1.40. The number of carbonyl (C=O) groups is 1. The summed E-state index contributed by atoms with van der Waals surface area (Å²) in [6.45, 7) is 4.06. The quantitative estimate of drug-likeness (QED) is 0.540. The molecule has 0 bridgehead atoms. The van der Waals surface area contributed by atoms with E-state index >= 15 is 0 Å². The molecule has 28 heavy (non-hydrogen) atoms. The summed E-state index contributed by atoms with van der Waals surface area (Å²) in [5.41, 5.74) is 2.47. The van der Waals surface area contributed by atoms with Crippen molar-refractivity contribution in [2.45, 2.75) is 20.0 Å². The molecule has 0 saturated carbocycles. The Labute approximate surface area is 163 Å². The molecule has 1 amide bonds. The number of nitrogens with zero attached hydrogens (tertiary/aromatic N) is 5. The van der Waals surface area contributed by atoms with Gasteiger partial charge >= 0.3 is 0 Å². The molecule has 0 aliphatic carbocycles. The second kappa shape index (κ2) is 8.04. The van der Waals surface area contributed by atoms with Gasteiger partial charge in [0.25, 0.3) is 5.91 Å². The third-order valence-corrected chi connectivity index (χ3v) is 4.58. The van der Waals surface area contributed by atoms with E-state index in [1.807, 2.05) is 45.9 Å². The van der Waals surface area contributed by atoms with Gasteiger partial charge in [-0.05, 0) is 23.6 Å². The minimum atomic E-state index is -0.127. The molecule has 0 saturated heterocycles. The van der Waals surface area contributed by atoms with Crippen LogP contribution >= 0.6 is 0 Å². The van der Waals surface area contributed by atoms with Gasteiger partial charge in [-0.25, -0.2) is 9.67 Å². The molecule has 0 radical (unpaired) electrons. The fraction of sp³-hybridized carbons (Fsp3) is 0.238. The lowest BCUT2D eigenvalue weighted by atomic mass is 10.1. The van der Waals surface area contributed by atoms with Gasteiger partial charge in [-0.2, -0.15) is 10.2 Å². The minimum Gasteiger partial charge on any atom is -0.352 e. The van der Waals surface area contributed by atoms with E-state index in [0.29, 0.717) is 18.7 Å². The van der Waals surface area contributed by atoms with E-state index in [4.69, 9.17) is 0 Å². The van der Waals surface area contributed by atoms with Gasteiger partial charge in [-0.3, -0.25) is 9.48 Å². The van der Waals surface area contributed by atoms with Crippen molar-refractivity contribution in [3.63, 3.8) is 0 Å². The normalized spacial score (nSPS) is 12.2. The number of amides is 1. The van der Waals surface area contributed by atoms with E-state index in [9.17, 15) is 4.79 Å². The zero-order valence-corrected chi connectivity index (χ0v) is 15.7. The first-order chi connectivity index (χ1) is 13.7. The van der Waals surface area contributed by atoms with Gasteiger partial charge < -0.3 is 5.32 Å². The van der Waals surface area contributed by atoms with E-state index in [1.54, 1.807) is 18.6 Å². The third-order valence-electron chi connectivity index (χ3n) is 4.58. The highest BCUT2D eigenvalue weighted by molar-refractivity contribution is 5.96. The third kappa shape index (κ3) is 4.09. The smallest absolute Gasteiger partial charge is 0.252 e. The lowest BCUT2D eigenvalue weighted by Crippen LogP contribution is -2.30. The SMILES string of the molecule is CC(CNC(=O)c1cnc2c(cnn2Cc2ccccc2)c1)Cn1cccn1. The van der Waals surface area contributed by atoms with Crippen LogP contribution in [0.5, 0.6) is 0 Å². The molecular weight excluding hydrogens is 352 g/mol. The number of pyridine rings is 1. The van der Waals surface area contributed by atoms with Gasteiger partial charge in [0.2, 0.25) is 0 Å². The number of aromatic nitrogens is 5. The average molecular weight is 374 g/mol. The van der Waals surface area contributed by atoms with Crippen LogP contribution in [-0.2, 0) is 13.1 Å². The van der Waals surface area contributed by atoms with E-state index < -0.39 is 0 Å². The van der Waals surface area contributed by atoms with Crippen LogP contribution in [0.3, 0.4) is 0 Å². The second-order valence-electron chi connectivity index (χ2n) is 6.97. The summed E-state index contributed by atoms with van der Waals surface area (Å²) in [7, 11) is 0. The lowest BCUT2D eigenvalue weighted by molar-refractivity contribution is 0.0946. The molecule has 0 aliphatic heterocycles. The molecule has 3 aromatic heterocycles. The summed E-state index contributed by atoms with van der Waals surface area (Å²) in [6, 6.07) is 13.8. The molecule has 142 valence electrons. The topological polar surface area (TPSA) is 77.6 Å². The van der Waals surface area contributed by atoms with Crippen LogP contribution in [0.25, 0.3) is 11.0 Å². The van der Waals surface area contributed by atoms with Crippen LogP contribution in [-0.4, -0.2) is 37.0 Å². The first-order valence-corrected chi connectivity index (χ1v) is 9.30. The molecule has 0 fully saturated rings. The summed E-state index contributed by atoms with van der Waals surface area (Å²) in [6.07, 6.45) is 7.04. The Morgan fingerprint density at radius 3 is 2.79 bits per heavy atom. The fourth-order valence-electron chi connectivity index (χ4n) is 3.13. The van der Waals surface area contributed by atoms with Crippen molar-refractivity contribution in [3.8, 4) is 0 Å². The highest BCUT2D eigenvalue weighted by atomic mass is 16.1. The molecule has 7 nitrogen and oxygen atoms in total. The summed E-state index contributed by atoms with van der Waals surface area (Å²) in [5.74, 6) is 0.145. The molecule has 4 aromatic rings. The standard InChI is InChI=1S/C21H22N6O/c1-16(14-26-9-5-8-24-26)11-23-21(28)19-10-18-13-25-27(20(18)22-12-19)15-17-6-3-2-4-7-17/h2-10,12-13,16H,11,14-15H2,1H3,(H,23,28). The van der Waals surface area contributed by atoms with Crippen molar-refractivity contribution in [2.75, 3.05) is 6.54 Å². The van der Waals surface area contributed by atoms with E-state index in [2.05, 4.69) is 39.6 Å². The van der Waals surface area contributed by atoms with Gasteiger partial charge in [-0.1, -0.05) is 37.3 Å². The van der Waals surface area contributed by atoms with Gasteiger partial charge in [0.05, 0.1) is 18.3 Å². The van der Waals surface area contributed by atoms with Crippen LogP contribution in [0, 0.1) is 5.92 Å². The molecule has 4 rings (SSSR count). The largest absolute Gasteiger partial charge is 0.352 e. The first-order valence-electron chi connectivity index (χ1n) is 9.30. The van der Waals surface area contributed by atoms with Crippen molar-refractivity contribution in [3.05, 3.63) is 78.4 Å². The molecular formula is C21H22N6O. The van der Waals surface area contributed by atoms with Crippen molar-refractivity contribution in [2.24, 2.45) is 5.92 Å². The van der Waals surface area contributed by atoms with Gasteiger partial charge in [0.15, 0.2) is 5.65 Å². The Hall–Kier alpha value is -3.48. The minimum absolute atomic E-state index is 0.127. The zero-order chi connectivity index (χ0) is 19.3. The van der Waals surface area contributed by atoms with Crippen LogP contribution in [0.4, 0.5) is 0 Å². The van der Waals surface area contributed by atoms with E-state index in [-0.39, 0.29) is 11.8 Å². The highest BCUT2D eigenvalue weighted by Gasteiger charge is 2.12. The maximum absolute atomic E-state index is 12.5. The van der Waals surface area contributed by atoms with Crippen LogP contribution < -0.4 is 5.32 Å². The van der Waals surface area contributed by atoms with Crippen molar-refractivity contribution >= 4 is 16.9 Å². The number of hydrogen-bond acceptors (Lipinski definition) is 4. The fourth-order valence-corrected chi connectivity index (χ4v) is 3.13. The molecule has 1 aromatic carbocycles. The first kappa shape index (κ1) is 17.9. The van der Waals surface area contributed by atoms with Crippen LogP contribution in [0.15, 0.2) is 67.3 Å². The summed E-state index contributed by atoms with van der Waals surface area (Å²) in [4.78, 5) is 17.0. The summed E-state index contributed by atoms with van der Waals surface area (Å²) in [5, 5.41) is 12.4. The maximum Gasteiger partial charge on any atom is 0.252 e. The van der Waals surface area contributed by atoms with Crippen LogP contribution in [0.1, 0.15) is 22.8 Å².